The van der Waals surface area contributed by atoms with Gasteiger partial charge in [-0.15, -0.1) is 0 Å². The van der Waals surface area contributed by atoms with E-state index in [1.165, 1.54) is 36.0 Å². The van der Waals surface area contributed by atoms with Crippen molar-refractivity contribution in [3.05, 3.63) is 94.1 Å². The third kappa shape index (κ3) is 6.23. The highest BCUT2D eigenvalue weighted by molar-refractivity contribution is 7.99. The second-order valence-electron chi connectivity index (χ2n) is 9.28. The van der Waals surface area contributed by atoms with Crippen LogP contribution in [0, 0.1) is 17.0 Å². The molecule has 1 aliphatic rings. The predicted molar refractivity (Wildman–Crippen MR) is 158 cm³/mol. The lowest BCUT2D eigenvalue weighted by molar-refractivity contribution is 0.0997. The average Bonchev–Trinajstić information content (AvgIpc) is 3.39. The third-order valence-corrected chi connectivity index (χ3v) is 7.70. The molecule has 0 saturated heterocycles. The van der Waals surface area contributed by atoms with Crippen LogP contribution in [0.5, 0.6) is 28.9 Å². The van der Waals surface area contributed by atoms with Crippen molar-refractivity contribution < 1.29 is 28.2 Å². The Balaban J connectivity index is 1.52. The smallest absolute Gasteiger partial charge is 0.260 e. The number of phenols is 1. The van der Waals surface area contributed by atoms with E-state index in [1.807, 2.05) is 11.9 Å². The maximum absolute atomic E-state index is 15.6. The van der Waals surface area contributed by atoms with Crippen molar-refractivity contribution in [1.82, 2.24) is 9.88 Å². The summed E-state index contributed by atoms with van der Waals surface area (Å²) in [5, 5.41) is 17.9. The van der Waals surface area contributed by atoms with Gasteiger partial charge in [0, 0.05) is 33.7 Å². The number of nitrogen functional groups attached to an aromatic ring is 1. The zero-order valence-corrected chi connectivity index (χ0v) is 23.9. The van der Waals surface area contributed by atoms with Crippen molar-refractivity contribution in [2.24, 2.45) is 16.5 Å². The van der Waals surface area contributed by atoms with Crippen LogP contribution >= 0.6 is 23.4 Å². The molecule has 220 valence electrons. The SMILES string of the molecule is CN1CC=NC1c1cc(Sc2cccc(Cl)c2C(N)=O)ccc1Oc1c(F)cnc(Oc2cc(C(=N)N)ccc2O)c1F. The van der Waals surface area contributed by atoms with Crippen molar-refractivity contribution in [2.75, 3.05) is 13.6 Å². The zero-order chi connectivity index (χ0) is 30.8. The molecule has 0 radical (unpaired) electrons. The Labute approximate surface area is 253 Å². The number of pyridine rings is 1. The molecular weight excluding hydrogens is 602 g/mol. The summed E-state index contributed by atoms with van der Waals surface area (Å²) in [5.74, 6) is -5.40. The van der Waals surface area contributed by atoms with E-state index in [9.17, 15) is 14.3 Å². The molecule has 6 N–H and O–H groups in total. The zero-order valence-electron chi connectivity index (χ0n) is 22.3. The minimum atomic E-state index is -1.27. The number of nitrogens with one attached hydrogen (secondary N) is 1. The number of amides is 1. The van der Waals surface area contributed by atoms with Crippen molar-refractivity contribution in [3.8, 4) is 28.9 Å². The Hall–Kier alpha value is -4.72. The number of aliphatic imine (C=N–C) groups is 1. The first kappa shape index (κ1) is 29.8. The van der Waals surface area contributed by atoms with E-state index in [1.54, 1.807) is 36.5 Å². The first-order chi connectivity index (χ1) is 20.5. The maximum atomic E-state index is 15.6. The molecule has 1 unspecified atom stereocenters. The summed E-state index contributed by atoms with van der Waals surface area (Å²) in [4.78, 5) is 23.3. The van der Waals surface area contributed by atoms with Gasteiger partial charge in [0.1, 0.15) is 17.8 Å². The summed E-state index contributed by atoms with van der Waals surface area (Å²) in [7, 11) is 1.82. The van der Waals surface area contributed by atoms with Crippen molar-refractivity contribution in [2.45, 2.75) is 16.0 Å². The molecule has 0 bridgehead atoms. The number of halogens is 3. The number of rotatable bonds is 9. The number of aromatic nitrogens is 1. The predicted octanol–water partition coefficient (Wildman–Crippen LogP) is 5.85. The molecule has 1 amide bonds. The number of nitrogens with two attached hydrogens (primary N) is 2. The Morgan fingerprint density at radius 1 is 1.14 bits per heavy atom. The van der Waals surface area contributed by atoms with Gasteiger partial charge in [-0.05, 0) is 55.6 Å². The van der Waals surface area contributed by atoms with Gasteiger partial charge in [0.2, 0.25) is 11.6 Å². The fraction of sp³-hybridized carbons (Fsp3) is 0.103. The number of carbonyl (C=O) groups excluding carboxylic acids is 1. The number of hydrogen-bond donors (Lipinski definition) is 4. The second-order valence-corrected chi connectivity index (χ2v) is 10.8. The Bertz CT molecular complexity index is 1790. The van der Waals surface area contributed by atoms with Gasteiger partial charge in [-0.2, -0.15) is 4.39 Å². The molecule has 0 saturated carbocycles. The highest BCUT2D eigenvalue weighted by Crippen LogP contribution is 2.42. The number of phenolic OH excluding ortho intramolecular Hbond substituents is 1. The number of amidine groups is 1. The number of nitrogens with zero attached hydrogens (tertiary/aromatic N) is 3. The lowest BCUT2D eigenvalue weighted by Crippen LogP contribution is -2.19. The van der Waals surface area contributed by atoms with E-state index in [0.717, 1.165) is 0 Å². The van der Waals surface area contributed by atoms with Gasteiger partial charge in [-0.25, -0.2) is 9.37 Å². The van der Waals surface area contributed by atoms with Crippen LogP contribution in [0.4, 0.5) is 8.78 Å². The largest absolute Gasteiger partial charge is 0.504 e. The lowest BCUT2D eigenvalue weighted by Gasteiger charge is -2.22. The van der Waals surface area contributed by atoms with Crippen molar-refractivity contribution in [1.29, 1.82) is 5.41 Å². The van der Waals surface area contributed by atoms with Crippen molar-refractivity contribution >= 4 is 41.3 Å². The van der Waals surface area contributed by atoms with Crippen LogP contribution in [0.25, 0.3) is 0 Å². The summed E-state index contributed by atoms with van der Waals surface area (Å²) in [6, 6.07) is 13.7. The van der Waals surface area contributed by atoms with Crippen molar-refractivity contribution in [3.63, 3.8) is 0 Å². The third-order valence-electron chi connectivity index (χ3n) is 6.33. The van der Waals surface area contributed by atoms with Gasteiger partial charge in [0.25, 0.3) is 11.8 Å². The standard InChI is InChI=1S/C29H23ClF2N6O4S/c1-38-10-9-36-28(38)16-12-15(43-22-4-2-3-17(30)23(22)27(35)40)6-8-20(16)41-25-18(31)13-37-29(24(25)32)42-21-11-14(26(33)34)5-7-19(21)39/h2-9,11-13,28,39H,10H2,1H3,(H3,33,34)(H2,35,40). The summed E-state index contributed by atoms with van der Waals surface area (Å²) in [5.41, 5.74) is 11.9. The molecule has 5 rings (SSSR count). The molecule has 2 heterocycles. The van der Waals surface area contributed by atoms with E-state index in [0.29, 0.717) is 28.1 Å². The fourth-order valence-electron chi connectivity index (χ4n) is 4.22. The van der Waals surface area contributed by atoms with E-state index in [-0.39, 0.29) is 39.2 Å². The number of ether oxygens (including phenoxy) is 2. The first-order valence-corrected chi connectivity index (χ1v) is 13.7. The molecule has 10 nitrogen and oxygen atoms in total. The van der Waals surface area contributed by atoms with E-state index in [2.05, 4.69) is 9.98 Å². The van der Waals surface area contributed by atoms with Gasteiger partial charge in [-0.3, -0.25) is 20.1 Å². The number of carbonyl (C=O) groups is 1. The Kier molecular flexibility index (Phi) is 8.48. The molecule has 3 aromatic carbocycles. The van der Waals surface area contributed by atoms with Crippen LogP contribution in [-0.4, -0.2) is 46.5 Å². The van der Waals surface area contributed by atoms with Crippen LogP contribution in [-0.2, 0) is 0 Å². The van der Waals surface area contributed by atoms with Gasteiger partial charge in [0.05, 0.1) is 16.8 Å². The summed E-state index contributed by atoms with van der Waals surface area (Å²) in [6.45, 7) is 0.528. The Morgan fingerprint density at radius 2 is 1.93 bits per heavy atom. The monoisotopic (exact) mass is 624 g/mol. The molecule has 1 atom stereocenters. The van der Waals surface area contributed by atoms with Crippen LogP contribution in [0.2, 0.25) is 5.02 Å². The normalized spacial score (nSPS) is 14.6. The highest BCUT2D eigenvalue weighted by Gasteiger charge is 2.27. The second kappa shape index (κ2) is 12.3. The first-order valence-electron chi connectivity index (χ1n) is 12.5. The maximum Gasteiger partial charge on any atom is 0.260 e. The van der Waals surface area contributed by atoms with Gasteiger partial charge >= 0.3 is 0 Å². The summed E-state index contributed by atoms with van der Waals surface area (Å²) < 4.78 is 41.8. The minimum Gasteiger partial charge on any atom is -0.504 e. The number of primary amides is 1. The van der Waals surface area contributed by atoms with Crippen LogP contribution in [0.15, 0.2) is 75.6 Å². The molecular formula is C29H23ClF2N6O4S. The van der Waals surface area contributed by atoms with E-state index in [4.69, 9.17) is 38.0 Å². The molecule has 0 fully saturated rings. The van der Waals surface area contributed by atoms with E-state index >= 15 is 4.39 Å². The minimum absolute atomic E-state index is 0.0952. The van der Waals surface area contributed by atoms with Crippen LogP contribution in [0.1, 0.15) is 27.7 Å². The van der Waals surface area contributed by atoms with Gasteiger partial charge < -0.3 is 26.0 Å². The lowest BCUT2D eigenvalue weighted by atomic mass is 10.1. The molecule has 43 heavy (non-hydrogen) atoms. The van der Waals surface area contributed by atoms with Gasteiger partial charge in [0.15, 0.2) is 17.3 Å². The van der Waals surface area contributed by atoms with Crippen LogP contribution < -0.4 is 20.9 Å². The highest BCUT2D eigenvalue weighted by atomic mass is 35.5. The van der Waals surface area contributed by atoms with Crippen LogP contribution in [0.3, 0.4) is 0 Å². The molecule has 14 heteroatoms. The van der Waals surface area contributed by atoms with Gasteiger partial charge in [-0.1, -0.05) is 29.4 Å². The molecule has 1 aliphatic heterocycles. The topological polar surface area (TPSA) is 160 Å². The number of hydrogen-bond acceptors (Lipinski definition) is 9. The summed E-state index contributed by atoms with van der Waals surface area (Å²) >= 11 is 7.43. The fourth-order valence-corrected chi connectivity index (χ4v) is 5.58. The number of benzene rings is 3. The average molecular weight is 625 g/mol. The quantitative estimate of drug-likeness (QED) is 0.133. The molecule has 0 spiro atoms. The Morgan fingerprint density at radius 3 is 2.63 bits per heavy atom. The number of aromatic hydroxyl groups is 1. The molecule has 4 aromatic rings. The summed E-state index contributed by atoms with van der Waals surface area (Å²) in [6.07, 6.45) is 1.88. The van der Waals surface area contributed by atoms with E-state index < -0.39 is 35.3 Å². The molecule has 0 aliphatic carbocycles. The molecule has 1 aromatic heterocycles.